The second-order valence-electron chi connectivity index (χ2n) is 5.44. The molecule has 0 bridgehead atoms. The van der Waals surface area contributed by atoms with Gasteiger partial charge < -0.3 is 10.4 Å². The van der Waals surface area contributed by atoms with Gasteiger partial charge in [-0.1, -0.05) is 12.1 Å². The van der Waals surface area contributed by atoms with Crippen molar-refractivity contribution in [1.82, 2.24) is 20.3 Å². The van der Waals surface area contributed by atoms with Crippen LogP contribution in [0.3, 0.4) is 0 Å². The van der Waals surface area contributed by atoms with Crippen molar-refractivity contribution >= 4 is 11.9 Å². The van der Waals surface area contributed by atoms with Crippen molar-refractivity contribution in [3.8, 4) is 0 Å². The van der Waals surface area contributed by atoms with E-state index in [4.69, 9.17) is 5.11 Å². The summed E-state index contributed by atoms with van der Waals surface area (Å²) < 4.78 is 1.70. The number of aliphatic carboxylic acids is 1. The van der Waals surface area contributed by atoms with Crippen LogP contribution in [-0.4, -0.2) is 38.5 Å². The van der Waals surface area contributed by atoms with E-state index < -0.39 is 17.8 Å². The highest BCUT2D eigenvalue weighted by atomic mass is 16.4. The van der Waals surface area contributed by atoms with Crippen LogP contribution in [0.1, 0.15) is 26.2 Å². The number of nitrogens with one attached hydrogen (secondary N) is 1. The van der Waals surface area contributed by atoms with Crippen molar-refractivity contribution < 1.29 is 14.7 Å². The summed E-state index contributed by atoms with van der Waals surface area (Å²) in [5, 5.41) is 19.5. The number of nitrogens with zero attached hydrogens (tertiary/aromatic N) is 3. The lowest BCUT2D eigenvalue weighted by molar-refractivity contribution is -0.146. The number of carboxylic acid groups (broad SMARTS) is 1. The molecule has 0 spiro atoms. The topological polar surface area (TPSA) is 97.1 Å². The molecule has 1 aliphatic rings. The van der Waals surface area contributed by atoms with E-state index in [2.05, 4.69) is 15.6 Å². The molecule has 3 atom stereocenters. The summed E-state index contributed by atoms with van der Waals surface area (Å²) >= 11 is 0. The Morgan fingerprint density at radius 2 is 2.15 bits per heavy atom. The lowest BCUT2D eigenvalue weighted by Gasteiger charge is -2.15. The van der Waals surface area contributed by atoms with Crippen molar-refractivity contribution in [2.45, 2.75) is 32.7 Å². The van der Waals surface area contributed by atoms with Crippen molar-refractivity contribution in [2.75, 3.05) is 6.54 Å². The zero-order chi connectivity index (χ0) is 14.5. The zero-order valence-electron chi connectivity index (χ0n) is 11.5. The Bertz CT molecular complexity index is 460. The zero-order valence-corrected chi connectivity index (χ0v) is 11.5. The molecule has 7 heteroatoms. The lowest BCUT2D eigenvalue weighted by atomic mass is 9.95. The fourth-order valence-corrected chi connectivity index (χ4v) is 2.79. The Morgan fingerprint density at radius 1 is 1.40 bits per heavy atom. The first kappa shape index (κ1) is 14.5. The molecule has 1 aliphatic carbocycles. The van der Waals surface area contributed by atoms with E-state index in [0.717, 1.165) is 6.42 Å². The van der Waals surface area contributed by atoms with Gasteiger partial charge in [0.2, 0.25) is 5.91 Å². The molecule has 0 radical (unpaired) electrons. The van der Waals surface area contributed by atoms with Gasteiger partial charge in [-0.2, -0.15) is 0 Å². The minimum absolute atomic E-state index is 0.139. The van der Waals surface area contributed by atoms with Gasteiger partial charge in [0.05, 0.1) is 18.0 Å². The number of aryl methyl sites for hydroxylation is 1. The Kier molecular flexibility index (Phi) is 4.70. The van der Waals surface area contributed by atoms with Gasteiger partial charge in [0, 0.05) is 19.3 Å². The van der Waals surface area contributed by atoms with E-state index in [0.29, 0.717) is 31.8 Å². The Hall–Kier alpha value is -1.92. The third-order valence-corrected chi connectivity index (χ3v) is 3.79. The molecule has 1 saturated carbocycles. The number of carbonyl (C=O) groups excluding carboxylic acids is 1. The molecule has 0 aliphatic heterocycles. The molecule has 110 valence electrons. The summed E-state index contributed by atoms with van der Waals surface area (Å²) in [6.45, 7) is 3.20. The summed E-state index contributed by atoms with van der Waals surface area (Å²) in [5.41, 5.74) is 0. The van der Waals surface area contributed by atoms with Gasteiger partial charge in [0.15, 0.2) is 0 Å². The number of hydrogen-bond acceptors (Lipinski definition) is 4. The van der Waals surface area contributed by atoms with E-state index in [1.807, 2.05) is 6.92 Å². The second kappa shape index (κ2) is 6.49. The third-order valence-electron chi connectivity index (χ3n) is 3.79. The molecule has 1 heterocycles. The molecule has 0 aromatic carbocycles. The maximum atomic E-state index is 12.1. The Morgan fingerprint density at radius 3 is 2.80 bits per heavy atom. The van der Waals surface area contributed by atoms with Crippen LogP contribution in [0, 0.1) is 17.8 Å². The van der Waals surface area contributed by atoms with Crippen LogP contribution < -0.4 is 5.32 Å². The van der Waals surface area contributed by atoms with Crippen molar-refractivity contribution in [2.24, 2.45) is 17.8 Å². The summed E-state index contributed by atoms with van der Waals surface area (Å²) in [6.07, 6.45) is 5.37. The molecule has 0 saturated heterocycles. The normalized spacial score (nSPS) is 25.6. The smallest absolute Gasteiger partial charge is 0.307 e. The molecule has 1 aromatic heterocycles. The highest BCUT2D eigenvalue weighted by Crippen LogP contribution is 2.36. The minimum atomic E-state index is -0.864. The first-order valence-electron chi connectivity index (χ1n) is 6.92. The highest BCUT2D eigenvalue weighted by Gasteiger charge is 2.40. The molecule has 1 aromatic rings. The predicted molar refractivity (Wildman–Crippen MR) is 70.7 cm³/mol. The number of rotatable bonds is 6. The first-order valence-corrected chi connectivity index (χ1v) is 6.92. The van der Waals surface area contributed by atoms with Crippen LogP contribution in [0.4, 0.5) is 0 Å². The summed E-state index contributed by atoms with van der Waals surface area (Å²) in [6, 6.07) is 0. The molecule has 2 rings (SSSR count). The first-order chi connectivity index (χ1) is 9.58. The fourth-order valence-electron chi connectivity index (χ4n) is 2.79. The SMILES string of the molecule is CC1C[C@H](C(=O)NCCCn2ccnn2)[C@H](C(=O)O)C1. The number of aromatic nitrogens is 3. The van der Waals surface area contributed by atoms with Gasteiger partial charge >= 0.3 is 5.97 Å². The van der Waals surface area contributed by atoms with Crippen LogP contribution in [0.2, 0.25) is 0 Å². The largest absolute Gasteiger partial charge is 0.481 e. The van der Waals surface area contributed by atoms with Crippen LogP contribution in [0.15, 0.2) is 12.4 Å². The van der Waals surface area contributed by atoms with E-state index in [1.165, 1.54) is 0 Å². The average Bonchev–Trinajstić information content (AvgIpc) is 3.03. The maximum Gasteiger partial charge on any atom is 0.307 e. The number of amides is 1. The lowest BCUT2D eigenvalue weighted by Crippen LogP contribution is -2.36. The minimum Gasteiger partial charge on any atom is -0.481 e. The van der Waals surface area contributed by atoms with Gasteiger partial charge in [-0.25, -0.2) is 0 Å². The number of hydrogen-bond donors (Lipinski definition) is 2. The van der Waals surface area contributed by atoms with E-state index in [-0.39, 0.29) is 5.91 Å². The predicted octanol–water partition coefficient (Wildman–Crippen LogP) is 0.531. The van der Waals surface area contributed by atoms with Gasteiger partial charge in [-0.05, 0) is 25.2 Å². The second-order valence-corrected chi connectivity index (χ2v) is 5.44. The monoisotopic (exact) mass is 280 g/mol. The van der Waals surface area contributed by atoms with Crippen molar-refractivity contribution in [1.29, 1.82) is 0 Å². The Labute approximate surface area is 117 Å². The molecule has 1 fully saturated rings. The molecule has 20 heavy (non-hydrogen) atoms. The average molecular weight is 280 g/mol. The summed E-state index contributed by atoms with van der Waals surface area (Å²) in [4.78, 5) is 23.2. The van der Waals surface area contributed by atoms with Gasteiger partial charge in [-0.15, -0.1) is 5.10 Å². The molecule has 1 amide bonds. The quantitative estimate of drug-likeness (QED) is 0.741. The van der Waals surface area contributed by atoms with Crippen LogP contribution in [-0.2, 0) is 16.1 Å². The van der Waals surface area contributed by atoms with E-state index in [1.54, 1.807) is 17.1 Å². The number of carboxylic acids is 1. The van der Waals surface area contributed by atoms with Crippen molar-refractivity contribution in [3.63, 3.8) is 0 Å². The van der Waals surface area contributed by atoms with Crippen molar-refractivity contribution in [3.05, 3.63) is 12.4 Å². The van der Waals surface area contributed by atoms with Gasteiger partial charge in [-0.3, -0.25) is 14.3 Å². The van der Waals surface area contributed by atoms with Crippen LogP contribution in [0.5, 0.6) is 0 Å². The maximum absolute atomic E-state index is 12.1. The molecular formula is C13H20N4O3. The summed E-state index contributed by atoms with van der Waals surface area (Å²) in [5.74, 6) is -1.64. The molecular weight excluding hydrogens is 260 g/mol. The summed E-state index contributed by atoms with van der Waals surface area (Å²) in [7, 11) is 0. The molecule has 2 N–H and O–H groups in total. The van der Waals surface area contributed by atoms with Gasteiger partial charge in [0.1, 0.15) is 0 Å². The van der Waals surface area contributed by atoms with Gasteiger partial charge in [0.25, 0.3) is 0 Å². The Balaban J connectivity index is 1.75. The van der Waals surface area contributed by atoms with E-state index in [9.17, 15) is 9.59 Å². The standard InChI is InChI=1S/C13H20N4O3/c1-9-7-10(11(8-9)13(19)20)12(18)14-3-2-5-17-6-4-15-16-17/h4,6,9-11H,2-3,5,7-8H2,1H3,(H,14,18)(H,19,20)/t9?,10-,11+/m0/s1. The molecule has 1 unspecified atom stereocenters. The fraction of sp³-hybridized carbons (Fsp3) is 0.692. The molecule has 7 nitrogen and oxygen atoms in total. The third kappa shape index (κ3) is 3.55. The van der Waals surface area contributed by atoms with E-state index >= 15 is 0 Å². The number of carbonyl (C=O) groups is 2. The highest BCUT2D eigenvalue weighted by molar-refractivity contribution is 5.85. The van der Waals surface area contributed by atoms with Crippen LogP contribution in [0.25, 0.3) is 0 Å². The van der Waals surface area contributed by atoms with Crippen LogP contribution >= 0.6 is 0 Å².